The first-order chi connectivity index (χ1) is 14.5. The van der Waals surface area contributed by atoms with Gasteiger partial charge in [-0.25, -0.2) is 8.78 Å². The van der Waals surface area contributed by atoms with Crippen LogP contribution in [-0.4, -0.2) is 63.3 Å². The minimum atomic E-state index is -0.532. The van der Waals surface area contributed by atoms with E-state index < -0.39 is 11.6 Å². The van der Waals surface area contributed by atoms with Crippen LogP contribution in [-0.2, 0) is 9.53 Å². The number of methoxy groups -OCH3 is 1. The minimum Gasteiger partial charge on any atom is -0.385 e. The summed E-state index contributed by atoms with van der Waals surface area (Å²) < 4.78 is 32.1. The van der Waals surface area contributed by atoms with Crippen LogP contribution in [0.3, 0.4) is 0 Å². The van der Waals surface area contributed by atoms with E-state index in [2.05, 4.69) is 10.2 Å². The van der Waals surface area contributed by atoms with Crippen LogP contribution in [0.15, 0.2) is 18.2 Å². The van der Waals surface area contributed by atoms with Gasteiger partial charge in [0.1, 0.15) is 11.6 Å². The average Bonchev–Trinajstić information content (AvgIpc) is 2.74. The maximum Gasteiger partial charge on any atom is 0.220 e. The van der Waals surface area contributed by atoms with Crippen molar-refractivity contribution in [3.8, 4) is 0 Å². The molecule has 1 saturated heterocycles. The van der Waals surface area contributed by atoms with Gasteiger partial charge in [-0.2, -0.15) is 0 Å². The molecule has 0 bridgehead atoms. The van der Waals surface area contributed by atoms with Crippen molar-refractivity contribution in [2.75, 3.05) is 51.3 Å². The summed E-state index contributed by atoms with van der Waals surface area (Å²) in [5.74, 6) is -0.147. The molecule has 1 amide bonds. The molecule has 2 aliphatic rings. The van der Waals surface area contributed by atoms with Crippen molar-refractivity contribution < 1.29 is 18.3 Å². The van der Waals surface area contributed by atoms with Crippen LogP contribution in [0, 0.1) is 17.6 Å². The Morgan fingerprint density at radius 3 is 2.53 bits per heavy atom. The third kappa shape index (κ3) is 6.91. The van der Waals surface area contributed by atoms with Crippen LogP contribution >= 0.6 is 0 Å². The lowest BCUT2D eigenvalue weighted by Gasteiger charge is -2.37. The van der Waals surface area contributed by atoms with Gasteiger partial charge in [0.15, 0.2) is 0 Å². The predicted molar refractivity (Wildman–Crippen MR) is 115 cm³/mol. The topological polar surface area (TPSA) is 44.8 Å². The number of ether oxygens (including phenoxy) is 1. The number of anilines is 1. The quantitative estimate of drug-likeness (QED) is 0.617. The van der Waals surface area contributed by atoms with E-state index in [1.807, 2.05) is 4.90 Å². The van der Waals surface area contributed by atoms with E-state index in [4.69, 9.17) is 4.74 Å². The van der Waals surface area contributed by atoms with E-state index in [0.29, 0.717) is 24.8 Å². The highest BCUT2D eigenvalue weighted by Gasteiger charge is 2.24. The molecular formula is C23H35F2N3O2. The lowest BCUT2D eigenvalue weighted by atomic mass is 9.84. The molecule has 1 aliphatic carbocycles. The maximum absolute atomic E-state index is 14.0. The van der Waals surface area contributed by atoms with E-state index in [1.54, 1.807) is 7.11 Å². The standard InChI is InChI=1S/C23H35F2N3O2/c1-30-16-2-3-23(29)26-20-7-4-18(5-8-20)10-11-27-12-14-28(15-13-27)22-9-6-19(24)17-21(22)25/h6,9,17-18,20H,2-5,7-8,10-16H2,1H3,(H,26,29)/t18-,20-. The molecule has 0 spiro atoms. The smallest absolute Gasteiger partial charge is 0.220 e. The third-order valence-corrected chi connectivity index (χ3v) is 6.44. The number of nitrogens with one attached hydrogen (secondary N) is 1. The van der Waals surface area contributed by atoms with Gasteiger partial charge in [-0.15, -0.1) is 0 Å². The summed E-state index contributed by atoms with van der Waals surface area (Å²) >= 11 is 0. The number of carbonyl (C=O) groups is 1. The monoisotopic (exact) mass is 423 g/mol. The minimum absolute atomic E-state index is 0.144. The highest BCUT2D eigenvalue weighted by molar-refractivity contribution is 5.76. The molecule has 1 aromatic carbocycles. The van der Waals surface area contributed by atoms with Crippen molar-refractivity contribution in [2.45, 2.75) is 51.0 Å². The van der Waals surface area contributed by atoms with Crippen LogP contribution < -0.4 is 10.2 Å². The highest BCUT2D eigenvalue weighted by atomic mass is 19.1. The molecule has 1 aromatic rings. The Morgan fingerprint density at radius 1 is 1.13 bits per heavy atom. The van der Waals surface area contributed by atoms with E-state index in [0.717, 1.165) is 64.0 Å². The molecule has 0 radical (unpaired) electrons. The number of halogens is 2. The van der Waals surface area contributed by atoms with Crippen LogP contribution in [0.1, 0.15) is 44.9 Å². The van der Waals surface area contributed by atoms with E-state index in [1.165, 1.54) is 31.4 Å². The van der Waals surface area contributed by atoms with E-state index in [9.17, 15) is 13.6 Å². The highest BCUT2D eigenvalue weighted by Crippen LogP contribution is 2.28. The molecule has 7 heteroatoms. The van der Waals surface area contributed by atoms with Gasteiger partial charge in [0.2, 0.25) is 5.91 Å². The fourth-order valence-electron chi connectivity index (χ4n) is 4.59. The zero-order valence-corrected chi connectivity index (χ0v) is 18.0. The number of rotatable bonds is 9. The summed E-state index contributed by atoms with van der Waals surface area (Å²) in [6.45, 7) is 5.05. The summed E-state index contributed by atoms with van der Waals surface area (Å²) in [5.41, 5.74) is 0.499. The number of benzene rings is 1. The van der Waals surface area contributed by atoms with Gasteiger partial charge in [-0.3, -0.25) is 9.69 Å². The molecule has 0 atom stereocenters. The summed E-state index contributed by atoms with van der Waals surface area (Å²) in [6.07, 6.45) is 6.98. The fraction of sp³-hybridized carbons (Fsp3) is 0.696. The predicted octanol–water partition coefficient (Wildman–Crippen LogP) is 3.58. The molecule has 30 heavy (non-hydrogen) atoms. The van der Waals surface area contributed by atoms with Crippen molar-refractivity contribution in [1.29, 1.82) is 0 Å². The maximum atomic E-state index is 14.0. The molecule has 0 unspecified atom stereocenters. The normalized spacial score (nSPS) is 22.8. The molecule has 2 fully saturated rings. The van der Waals surface area contributed by atoms with Gasteiger partial charge in [-0.05, 0) is 63.1 Å². The van der Waals surface area contributed by atoms with E-state index >= 15 is 0 Å². The lowest BCUT2D eigenvalue weighted by Crippen LogP contribution is -2.47. The number of hydrogen-bond acceptors (Lipinski definition) is 4. The number of carbonyl (C=O) groups excluding carboxylic acids is 1. The van der Waals surface area contributed by atoms with Crippen molar-refractivity contribution >= 4 is 11.6 Å². The Kier molecular flexibility index (Phi) is 8.88. The summed E-state index contributed by atoms with van der Waals surface area (Å²) in [5, 5.41) is 3.17. The second-order valence-corrected chi connectivity index (χ2v) is 8.59. The van der Waals surface area contributed by atoms with Crippen LogP contribution in [0.2, 0.25) is 0 Å². The molecule has 0 aromatic heterocycles. The number of piperazine rings is 1. The fourth-order valence-corrected chi connectivity index (χ4v) is 4.59. The molecular weight excluding hydrogens is 388 g/mol. The molecule has 168 valence electrons. The molecule has 3 rings (SSSR count). The van der Waals surface area contributed by atoms with Crippen molar-refractivity contribution in [1.82, 2.24) is 10.2 Å². The first kappa shape index (κ1) is 22.9. The Balaban J connectivity index is 1.31. The van der Waals surface area contributed by atoms with Gasteiger partial charge in [0, 0.05) is 58.4 Å². The zero-order chi connectivity index (χ0) is 21.3. The van der Waals surface area contributed by atoms with Gasteiger partial charge >= 0.3 is 0 Å². The molecule has 5 nitrogen and oxygen atoms in total. The Labute approximate surface area is 178 Å². The number of nitrogens with zero attached hydrogens (tertiary/aromatic N) is 2. The average molecular weight is 424 g/mol. The molecule has 1 N–H and O–H groups in total. The number of amides is 1. The lowest BCUT2D eigenvalue weighted by molar-refractivity contribution is -0.122. The Morgan fingerprint density at radius 2 is 1.87 bits per heavy atom. The van der Waals surface area contributed by atoms with Crippen LogP contribution in [0.4, 0.5) is 14.5 Å². The SMILES string of the molecule is COCCCC(=O)N[C@H]1CC[C@H](CCN2CCN(c3ccc(F)cc3F)CC2)CC1. The third-order valence-electron chi connectivity index (χ3n) is 6.44. The van der Waals surface area contributed by atoms with Crippen LogP contribution in [0.25, 0.3) is 0 Å². The van der Waals surface area contributed by atoms with Crippen molar-refractivity contribution in [3.05, 3.63) is 29.8 Å². The second-order valence-electron chi connectivity index (χ2n) is 8.59. The first-order valence-electron chi connectivity index (χ1n) is 11.3. The molecule has 1 saturated carbocycles. The van der Waals surface area contributed by atoms with Gasteiger partial charge in [-0.1, -0.05) is 0 Å². The summed E-state index contributed by atoms with van der Waals surface area (Å²) in [6, 6.07) is 4.14. The second kappa shape index (κ2) is 11.6. The van der Waals surface area contributed by atoms with Gasteiger partial charge < -0.3 is 15.0 Å². The first-order valence-corrected chi connectivity index (χ1v) is 11.3. The van der Waals surface area contributed by atoms with Crippen molar-refractivity contribution in [2.24, 2.45) is 5.92 Å². The summed E-state index contributed by atoms with van der Waals surface area (Å²) in [4.78, 5) is 16.4. The summed E-state index contributed by atoms with van der Waals surface area (Å²) in [7, 11) is 1.66. The molecule has 1 heterocycles. The Hall–Kier alpha value is -1.73. The largest absolute Gasteiger partial charge is 0.385 e. The molecule has 1 aliphatic heterocycles. The number of hydrogen-bond donors (Lipinski definition) is 1. The van der Waals surface area contributed by atoms with Gasteiger partial charge in [0.25, 0.3) is 0 Å². The zero-order valence-electron chi connectivity index (χ0n) is 18.0. The van der Waals surface area contributed by atoms with E-state index in [-0.39, 0.29) is 5.91 Å². The van der Waals surface area contributed by atoms with Gasteiger partial charge in [0.05, 0.1) is 5.69 Å². The van der Waals surface area contributed by atoms with Crippen LogP contribution in [0.5, 0.6) is 0 Å². The van der Waals surface area contributed by atoms with Crippen molar-refractivity contribution in [3.63, 3.8) is 0 Å². The Bertz CT molecular complexity index is 672.